The number of rotatable bonds is 11. The molecule has 0 N–H and O–H groups in total. The number of anilines is 1. The third-order valence-corrected chi connectivity index (χ3v) is 4.06. The zero-order valence-corrected chi connectivity index (χ0v) is 16.4. The number of nitrogens with zero attached hydrogens (tertiary/aromatic N) is 3. The van der Waals surface area contributed by atoms with E-state index in [1.54, 1.807) is 12.2 Å². The Balaban J connectivity index is 2.62. The fraction of sp³-hybridized carbons (Fsp3) is 0.333. The fourth-order valence-corrected chi connectivity index (χ4v) is 2.47. The van der Waals surface area contributed by atoms with Gasteiger partial charge in [-0.25, -0.2) is 0 Å². The predicted molar refractivity (Wildman–Crippen MR) is 115 cm³/mol. The highest BCUT2D eigenvalue weighted by atomic mass is 15.1. The van der Waals surface area contributed by atoms with Crippen LogP contribution in [-0.4, -0.2) is 13.1 Å². The van der Waals surface area contributed by atoms with Gasteiger partial charge in [-0.2, -0.15) is 10.5 Å². The van der Waals surface area contributed by atoms with Crippen LogP contribution in [0.25, 0.3) is 6.08 Å². The fourth-order valence-electron chi connectivity index (χ4n) is 2.47. The van der Waals surface area contributed by atoms with Gasteiger partial charge in [-0.1, -0.05) is 75.3 Å². The summed E-state index contributed by atoms with van der Waals surface area (Å²) in [4.78, 5) is 2.48. The molecular weight excluding hydrogens is 330 g/mol. The van der Waals surface area contributed by atoms with E-state index < -0.39 is 0 Å². The Morgan fingerprint density at radius 1 is 0.852 bits per heavy atom. The molecule has 27 heavy (non-hydrogen) atoms. The van der Waals surface area contributed by atoms with Gasteiger partial charge in [0.2, 0.25) is 0 Å². The molecule has 0 radical (unpaired) electrons. The van der Waals surface area contributed by atoms with Crippen molar-refractivity contribution in [2.45, 2.75) is 39.5 Å². The Morgan fingerprint density at radius 3 is 1.96 bits per heavy atom. The van der Waals surface area contributed by atoms with Crippen LogP contribution in [0.4, 0.5) is 5.69 Å². The minimum Gasteiger partial charge on any atom is -0.372 e. The zero-order chi connectivity index (χ0) is 19.7. The molecule has 1 aromatic carbocycles. The summed E-state index contributed by atoms with van der Waals surface area (Å²) in [5, 5.41) is 17.2. The van der Waals surface area contributed by atoms with Crippen molar-refractivity contribution in [3.8, 4) is 12.1 Å². The highest BCUT2D eigenvalue weighted by molar-refractivity contribution is 5.57. The summed E-state index contributed by atoms with van der Waals surface area (Å²) in [6.45, 7) is 6.71. The lowest BCUT2D eigenvalue weighted by Gasteiger charge is -2.24. The van der Waals surface area contributed by atoms with Gasteiger partial charge >= 0.3 is 0 Å². The molecule has 0 unspecified atom stereocenters. The van der Waals surface area contributed by atoms with Gasteiger partial charge in [0.25, 0.3) is 0 Å². The molecule has 140 valence electrons. The first kappa shape index (κ1) is 22.0. The van der Waals surface area contributed by atoms with Crippen LogP contribution in [-0.2, 0) is 0 Å². The van der Waals surface area contributed by atoms with Gasteiger partial charge in [0, 0.05) is 18.8 Å². The van der Waals surface area contributed by atoms with Crippen LogP contribution >= 0.6 is 0 Å². The minimum absolute atomic E-state index is 0.0993. The van der Waals surface area contributed by atoms with E-state index in [4.69, 9.17) is 10.5 Å². The number of hydrogen-bond donors (Lipinski definition) is 0. The highest BCUT2D eigenvalue weighted by Gasteiger charge is 2.04. The maximum absolute atomic E-state index is 8.62. The maximum Gasteiger partial charge on any atom is 0.129 e. The summed E-state index contributed by atoms with van der Waals surface area (Å²) in [5.41, 5.74) is 2.56. The van der Waals surface area contributed by atoms with E-state index in [-0.39, 0.29) is 5.57 Å². The van der Waals surface area contributed by atoms with Crippen molar-refractivity contribution < 1.29 is 0 Å². The van der Waals surface area contributed by atoms with E-state index in [1.165, 1.54) is 37.4 Å². The van der Waals surface area contributed by atoms with Gasteiger partial charge in [-0.15, -0.1) is 0 Å². The first-order valence-electron chi connectivity index (χ1n) is 9.62. The average molecular weight is 360 g/mol. The van der Waals surface area contributed by atoms with Crippen LogP contribution in [0, 0.1) is 22.7 Å². The molecule has 0 aromatic heterocycles. The molecule has 0 heterocycles. The van der Waals surface area contributed by atoms with Crippen LogP contribution in [0.1, 0.15) is 45.1 Å². The first-order chi connectivity index (χ1) is 13.2. The third-order valence-electron chi connectivity index (χ3n) is 4.06. The summed E-state index contributed by atoms with van der Waals surface area (Å²) >= 11 is 0. The zero-order valence-electron chi connectivity index (χ0n) is 16.4. The topological polar surface area (TPSA) is 50.8 Å². The Bertz CT molecular complexity index is 713. The summed E-state index contributed by atoms with van der Waals surface area (Å²) < 4.78 is 0. The standard InChI is InChI=1S/C24H29N3/c1-3-5-18-27(19-6-4-2)24-16-14-22(15-17-24)12-10-8-7-9-11-13-23(20-25)21-26/h7-17H,3-6,18-19H2,1-2H3/b8-7+,11-9+,12-10+. The lowest BCUT2D eigenvalue weighted by Crippen LogP contribution is -2.25. The lowest BCUT2D eigenvalue weighted by atomic mass is 10.1. The largest absolute Gasteiger partial charge is 0.372 e. The maximum atomic E-state index is 8.62. The second-order valence-corrected chi connectivity index (χ2v) is 6.22. The van der Waals surface area contributed by atoms with Gasteiger partial charge in [-0.05, 0) is 36.6 Å². The van der Waals surface area contributed by atoms with Crippen molar-refractivity contribution in [3.63, 3.8) is 0 Å². The van der Waals surface area contributed by atoms with Crippen LogP contribution in [0.5, 0.6) is 0 Å². The molecular formula is C24H29N3. The van der Waals surface area contributed by atoms with Crippen LogP contribution < -0.4 is 4.90 Å². The predicted octanol–water partition coefficient (Wildman–Crippen LogP) is 6.19. The summed E-state index contributed by atoms with van der Waals surface area (Å²) in [6.07, 6.45) is 17.7. The number of hydrogen-bond acceptors (Lipinski definition) is 3. The summed E-state index contributed by atoms with van der Waals surface area (Å²) in [7, 11) is 0. The van der Waals surface area contributed by atoms with Gasteiger partial charge in [-0.3, -0.25) is 0 Å². The second-order valence-electron chi connectivity index (χ2n) is 6.22. The normalized spacial score (nSPS) is 11.0. The van der Waals surface area contributed by atoms with E-state index in [2.05, 4.69) is 49.1 Å². The third kappa shape index (κ3) is 9.28. The van der Waals surface area contributed by atoms with E-state index in [1.807, 2.05) is 30.4 Å². The molecule has 0 fully saturated rings. The molecule has 0 aliphatic heterocycles. The number of nitriles is 2. The summed E-state index contributed by atoms with van der Waals surface area (Å²) in [5.74, 6) is 0. The van der Waals surface area contributed by atoms with Gasteiger partial charge in [0.15, 0.2) is 0 Å². The second kappa shape index (κ2) is 14.2. The van der Waals surface area contributed by atoms with Crippen molar-refractivity contribution in [1.82, 2.24) is 0 Å². The van der Waals surface area contributed by atoms with E-state index in [0.717, 1.165) is 18.7 Å². The minimum atomic E-state index is 0.0993. The van der Waals surface area contributed by atoms with Crippen molar-refractivity contribution >= 4 is 11.8 Å². The molecule has 3 nitrogen and oxygen atoms in total. The first-order valence-corrected chi connectivity index (χ1v) is 9.62. The van der Waals surface area contributed by atoms with E-state index in [9.17, 15) is 0 Å². The van der Waals surface area contributed by atoms with Gasteiger partial charge < -0.3 is 4.90 Å². The molecule has 1 rings (SSSR count). The van der Waals surface area contributed by atoms with Crippen LogP contribution in [0.3, 0.4) is 0 Å². The SMILES string of the molecule is CCCCN(CCCC)c1ccc(/C=C/C=C/C=C/C=C(C#N)C#N)cc1. The number of unbranched alkanes of at least 4 members (excludes halogenated alkanes) is 2. The average Bonchev–Trinajstić information content (AvgIpc) is 2.71. The van der Waals surface area contributed by atoms with E-state index >= 15 is 0 Å². The van der Waals surface area contributed by atoms with Gasteiger partial charge in [0.05, 0.1) is 0 Å². The highest BCUT2D eigenvalue weighted by Crippen LogP contribution is 2.17. The lowest BCUT2D eigenvalue weighted by molar-refractivity contribution is 0.678. The molecule has 0 bridgehead atoms. The van der Waals surface area contributed by atoms with Crippen LogP contribution in [0.2, 0.25) is 0 Å². The molecule has 0 atom stereocenters. The van der Waals surface area contributed by atoms with Crippen molar-refractivity contribution in [3.05, 3.63) is 71.9 Å². The molecule has 0 amide bonds. The monoisotopic (exact) mass is 359 g/mol. The molecule has 0 aliphatic carbocycles. The Hall–Kier alpha value is -3.04. The van der Waals surface area contributed by atoms with Crippen molar-refractivity contribution in [1.29, 1.82) is 10.5 Å². The van der Waals surface area contributed by atoms with Crippen molar-refractivity contribution in [2.24, 2.45) is 0 Å². The van der Waals surface area contributed by atoms with E-state index in [0.29, 0.717) is 0 Å². The summed E-state index contributed by atoms with van der Waals surface area (Å²) in [6, 6.07) is 12.3. The quantitative estimate of drug-likeness (QED) is 0.349. The molecule has 0 saturated carbocycles. The Labute approximate surface area is 164 Å². The van der Waals surface area contributed by atoms with Crippen LogP contribution in [0.15, 0.2) is 66.3 Å². The molecule has 0 saturated heterocycles. The van der Waals surface area contributed by atoms with Gasteiger partial charge in [0.1, 0.15) is 17.7 Å². The molecule has 0 spiro atoms. The molecule has 1 aromatic rings. The van der Waals surface area contributed by atoms with Crippen molar-refractivity contribution in [2.75, 3.05) is 18.0 Å². The smallest absolute Gasteiger partial charge is 0.129 e. The molecule has 0 aliphatic rings. The molecule has 3 heteroatoms. The Morgan fingerprint density at radius 2 is 1.41 bits per heavy atom. The number of allylic oxidation sites excluding steroid dienone is 7. The Kier molecular flexibility index (Phi) is 11.5. The number of benzene rings is 1.